The largest absolute Gasteiger partial charge is 0.388 e. The average Bonchev–Trinajstić information content (AvgIpc) is 1.99. The van der Waals surface area contributed by atoms with E-state index < -0.39 is 6.10 Å². The molecule has 0 aliphatic heterocycles. The summed E-state index contributed by atoms with van der Waals surface area (Å²) in [6.45, 7) is 0. The molecule has 0 spiro atoms. The number of rotatable bonds is 4. The van der Waals surface area contributed by atoms with Crippen LogP contribution in [0.5, 0.6) is 0 Å². The normalized spacial score (nSPS) is 13.5. The van der Waals surface area contributed by atoms with E-state index in [-0.39, 0.29) is 0 Å². The van der Waals surface area contributed by atoms with Crippen molar-refractivity contribution in [1.82, 2.24) is 0 Å². The van der Waals surface area contributed by atoms with Gasteiger partial charge in [0.15, 0.2) is 0 Å². The summed E-state index contributed by atoms with van der Waals surface area (Å²) in [5.74, 6) is 2.31. The van der Waals surface area contributed by atoms with E-state index in [1.807, 2.05) is 0 Å². The van der Waals surface area contributed by atoms with Gasteiger partial charge in [0, 0.05) is 6.42 Å². The van der Waals surface area contributed by atoms with Crippen LogP contribution in [0.15, 0.2) is 24.3 Å². The van der Waals surface area contributed by atoms with Crippen LogP contribution in [0.2, 0.25) is 0 Å². The molecule has 0 radical (unpaired) electrons. The van der Waals surface area contributed by atoms with Crippen LogP contribution < -0.4 is 0 Å². The molecular weight excluding hydrogens is 140 g/mol. The lowest BCUT2D eigenvalue weighted by Gasteiger charge is -1.95. The van der Waals surface area contributed by atoms with Crippen molar-refractivity contribution >= 4 is 6.29 Å². The van der Waals surface area contributed by atoms with Crippen LogP contribution in [-0.2, 0) is 4.79 Å². The second-order valence-electron chi connectivity index (χ2n) is 1.88. The zero-order chi connectivity index (χ0) is 8.53. The number of aliphatic hydroxyl groups excluding tert-OH is 1. The van der Waals surface area contributed by atoms with Crippen LogP contribution in [0.3, 0.4) is 0 Å². The van der Waals surface area contributed by atoms with Gasteiger partial charge in [-0.1, -0.05) is 18.2 Å². The fourth-order valence-electron chi connectivity index (χ4n) is 0.491. The van der Waals surface area contributed by atoms with Gasteiger partial charge in [-0.3, -0.25) is 4.79 Å². The lowest BCUT2D eigenvalue weighted by molar-refractivity contribution is -0.104. The molecule has 0 saturated carbocycles. The zero-order valence-electron chi connectivity index (χ0n) is 6.10. The molecule has 0 unspecified atom stereocenters. The van der Waals surface area contributed by atoms with E-state index >= 15 is 0 Å². The van der Waals surface area contributed by atoms with Crippen LogP contribution in [0, 0.1) is 12.3 Å². The Hall–Kier alpha value is -1.33. The van der Waals surface area contributed by atoms with Crippen molar-refractivity contribution in [3.63, 3.8) is 0 Å². The number of aldehydes is 1. The summed E-state index contributed by atoms with van der Waals surface area (Å²) in [4.78, 5) is 9.76. The maximum Gasteiger partial charge on any atom is 0.142 e. The van der Waals surface area contributed by atoms with Gasteiger partial charge in [0.1, 0.15) is 6.29 Å². The Balaban J connectivity index is 3.65. The van der Waals surface area contributed by atoms with Crippen molar-refractivity contribution in [2.75, 3.05) is 0 Å². The highest BCUT2D eigenvalue weighted by molar-refractivity contribution is 5.65. The number of terminal acetylenes is 1. The van der Waals surface area contributed by atoms with Gasteiger partial charge in [0.2, 0.25) is 0 Å². The van der Waals surface area contributed by atoms with E-state index in [9.17, 15) is 4.79 Å². The topological polar surface area (TPSA) is 37.3 Å². The summed E-state index contributed by atoms with van der Waals surface area (Å²) in [6.07, 6.45) is 11.3. The Morgan fingerprint density at radius 3 is 2.73 bits per heavy atom. The zero-order valence-corrected chi connectivity index (χ0v) is 6.10. The molecule has 0 aliphatic rings. The quantitative estimate of drug-likeness (QED) is 0.277. The van der Waals surface area contributed by atoms with Gasteiger partial charge in [-0.05, 0) is 6.08 Å². The maximum absolute atomic E-state index is 9.76. The minimum absolute atomic E-state index is 0.297. The van der Waals surface area contributed by atoms with E-state index in [1.165, 1.54) is 18.2 Å². The first-order valence-electron chi connectivity index (χ1n) is 3.21. The summed E-state index contributed by atoms with van der Waals surface area (Å²) >= 11 is 0. The van der Waals surface area contributed by atoms with Gasteiger partial charge in [-0.2, -0.15) is 0 Å². The predicted molar refractivity (Wildman–Crippen MR) is 43.8 cm³/mol. The number of allylic oxidation sites excluding steroid dienone is 3. The highest BCUT2D eigenvalue weighted by Gasteiger charge is 1.91. The second kappa shape index (κ2) is 6.79. The molecule has 0 fully saturated rings. The van der Waals surface area contributed by atoms with Gasteiger partial charge < -0.3 is 5.11 Å². The molecule has 2 nitrogen and oxygen atoms in total. The van der Waals surface area contributed by atoms with Crippen molar-refractivity contribution in [3.8, 4) is 12.3 Å². The van der Waals surface area contributed by atoms with Crippen molar-refractivity contribution < 1.29 is 9.90 Å². The van der Waals surface area contributed by atoms with Crippen LogP contribution >= 0.6 is 0 Å². The second-order valence-corrected chi connectivity index (χ2v) is 1.88. The Morgan fingerprint density at radius 2 is 2.18 bits per heavy atom. The van der Waals surface area contributed by atoms with Crippen LogP contribution in [0.4, 0.5) is 0 Å². The first-order valence-corrected chi connectivity index (χ1v) is 3.21. The fourth-order valence-corrected chi connectivity index (χ4v) is 0.491. The molecule has 0 bridgehead atoms. The third-order valence-corrected chi connectivity index (χ3v) is 0.961. The number of hydrogen-bond acceptors (Lipinski definition) is 2. The highest BCUT2D eigenvalue weighted by atomic mass is 16.3. The summed E-state index contributed by atoms with van der Waals surface area (Å²) in [7, 11) is 0. The predicted octanol–water partition coefficient (Wildman–Crippen LogP) is 0.682. The van der Waals surface area contributed by atoms with Gasteiger partial charge in [0.05, 0.1) is 6.10 Å². The molecule has 58 valence electrons. The Kier molecular flexibility index (Phi) is 5.96. The third-order valence-electron chi connectivity index (χ3n) is 0.961. The third kappa shape index (κ3) is 6.56. The van der Waals surface area contributed by atoms with Gasteiger partial charge in [-0.25, -0.2) is 0 Å². The fraction of sp³-hybridized carbons (Fsp3) is 0.222. The van der Waals surface area contributed by atoms with Crippen molar-refractivity contribution in [1.29, 1.82) is 0 Å². The van der Waals surface area contributed by atoms with Crippen LogP contribution in [0.1, 0.15) is 6.42 Å². The lowest BCUT2D eigenvalue weighted by atomic mass is 10.2. The smallest absolute Gasteiger partial charge is 0.142 e. The summed E-state index contributed by atoms with van der Waals surface area (Å²) in [5.41, 5.74) is 0. The molecule has 0 aliphatic carbocycles. The highest BCUT2D eigenvalue weighted by Crippen LogP contribution is 1.91. The first kappa shape index (κ1) is 9.67. The summed E-state index contributed by atoms with van der Waals surface area (Å²) in [5, 5.41) is 9.00. The van der Waals surface area contributed by atoms with Crippen molar-refractivity contribution in [2.45, 2.75) is 12.5 Å². The number of hydrogen-bond donors (Lipinski definition) is 1. The minimum Gasteiger partial charge on any atom is -0.388 e. The molecule has 0 aromatic rings. The monoisotopic (exact) mass is 150 g/mol. The molecule has 0 aromatic heterocycles. The Labute approximate surface area is 66.2 Å². The SMILES string of the molecule is C#CC[C@@H](O)/C=C/C=C/C=O. The van der Waals surface area contributed by atoms with Crippen molar-refractivity contribution in [2.24, 2.45) is 0 Å². The minimum atomic E-state index is -0.615. The summed E-state index contributed by atoms with van der Waals surface area (Å²) in [6, 6.07) is 0. The Morgan fingerprint density at radius 1 is 1.45 bits per heavy atom. The lowest BCUT2D eigenvalue weighted by Crippen LogP contribution is -1.98. The van der Waals surface area contributed by atoms with Gasteiger partial charge in [-0.15, -0.1) is 12.3 Å². The number of carbonyl (C=O) groups excluding carboxylic acids is 1. The molecule has 0 heterocycles. The number of carbonyl (C=O) groups is 1. The van der Waals surface area contributed by atoms with E-state index in [1.54, 1.807) is 6.08 Å². The molecule has 0 amide bonds. The van der Waals surface area contributed by atoms with Crippen molar-refractivity contribution in [3.05, 3.63) is 24.3 Å². The van der Waals surface area contributed by atoms with Crippen LogP contribution in [0.25, 0.3) is 0 Å². The molecule has 0 aromatic carbocycles. The standard InChI is InChI=1S/C9H10O2/c1-2-6-9(11)7-4-3-5-8-10/h1,3-5,7-9,11H,6H2/b5-3+,7-4+/t9-/m1/s1. The van der Waals surface area contributed by atoms with E-state index in [2.05, 4.69) is 5.92 Å². The van der Waals surface area contributed by atoms with E-state index in [4.69, 9.17) is 11.5 Å². The molecule has 2 heteroatoms. The molecule has 1 atom stereocenters. The van der Waals surface area contributed by atoms with Crippen LogP contribution in [-0.4, -0.2) is 17.5 Å². The molecule has 0 saturated heterocycles. The van der Waals surface area contributed by atoms with E-state index in [0.717, 1.165) is 0 Å². The first-order chi connectivity index (χ1) is 5.31. The maximum atomic E-state index is 9.76. The average molecular weight is 150 g/mol. The molecular formula is C9H10O2. The molecule has 0 rings (SSSR count). The summed E-state index contributed by atoms with van der Waals surface area (Å²) < 4.78 is 0. The number of aliphatic hydroxyl groups is 1. The van der Waals surface area contributed by atoms with Gasteiger partial charge in [0.25, 0.3) is 0 Å². The van der Waals surface area contributed by atoms with E-state index in [0.29, 0.717) is 12.7 Å². The Bertz CT molecular complexity index is 196. The van der Waals surface area contributed by atoms with Gasteiger partial charge >= 0.3 is 0 Å². The molecule has 11 heavy (non-hydrogen) atoms. The molecule has 1 N–H and O–H groups in total.